The highest BCUT2D eigenvalue weighted by atomic mass is 16.5. The Kier molecular flexibility index (Phi) is 8.15. The van der Waals surface area contributed by atoms with E-state index in [1.165, 1.54) is 0 Å². The number of piperidine rings is 1. The van der Waals surface area contributed by atoms with Gasteiger partial charge in [-0.3, -0.25) is 9.59 Å². The monoisotopic (exact) mass is 556 g/mol. The number of methoxy groups -OCH3 is 1. The summed E-state index contributed by atoms with van der Waals surface area (Å²) in [6, 6.07) is 19.5. The van der Waals surface area contributed by atoms with Gasteiger partial charge in [0.2, 0.25) is 0 Å². The topological polar surface area (TPSA) is 68.3 Å². The summed E-state index contributed by atoms with van der Waals surface area (Å²) >= 11 is 0. The lowest BCUT2D eigenvalue weighted by Gasteiger charge is -2.42. The quantitative estimate of drug-likeness (QED) is 0.390. The Hall–Kier alpha value is -3.58. The fourth-order valence-corrected chi connectivity index (χ4v) is 6.81. The van der Waals surface area contributed by atoms with Crippen LogP contribution in [0.5, 0.6) is 11.5 Å². The first-order valence-electron chi connectivity index (χ1n) is 15.0. The van der Waals surface area contributed by atoms with Crippen LogP contribution in [0.25, 0.3) is 10.8 Å². The lowest BCUT2D eigenvalue weighted by molar-refractivity contribution is 0.0304. The van der Waals surface area contributed by atoms with E-state index in [2.05, 4.69) is 0 Å². The van der Waals surface area contributed by atoms with Gasteiger partial charge in [0.05, 0.1) is 31.9 Å². The van der Waals surface area contributed by atoms with Crippen LogP contribution < -0.4 is 9.47 Å². The molecule has 1 atom stereocenters. The average molecular weight is 557 g/mol. The van der Waals surface area contributed by atoms with Crippen molar-refractivity contribution in [1.29, 1.82) is 0 Å². The van der Waals surface area contributed by atoms with Crippen molar-refractivity contribution >= 4 is 22.6 Å². The Bertz CT molecular complexity index is 1400. The van der Waals surface area contributed by atoms with Crippen LogP contribution in [0.2, 0.25) is 0 Å². The number of fused-ring (bicyclic) bond motifs is 3. The number of likely N-dealkylation sites (tertiary alicyclic amines) is 1. The highest BCUT2D eigenvalue weighted by molar-refractivity contribution is 6.08. The molecule has 0 aliphatic carbocycles. The van der Waals surface area contributed by atoms with Gasteiger partial charge >= 0.3 is 0 Å². The second-order valence-electron chi connectivity index (χ2n) is 11.8. The molecule has 216 valence electrons. The fourth-order valence-electron chi connectivity index (χ4n) is 6.81. The third-order valence-corrected chi connectivity index (χ3v) is 9.29. The lowest BCUT2D eigenvalue weighted by Crippen LogP contribution is -2.45. The molecule has 0 aromatic heterocycles. The second kappa shape index (κ2) is 12.1. The van der Waals surface area contributed by atoms with Gasteiger partial charge in [0.25, 0.3) is 11.8 Å². The summed E-state index contributed by atoms with van der Waals surface area (Å²) in [4.78, 5) is 31.3. The predicted octanol–water partition coefficient (Wildman–Crippen LogP) is 5.95. The van der Waals surface area contributed by atoms with Crippen LogP contribution in [0.3, 0.4) is 0 Å². The third-order valence-electron chi connectivity index (χ3n) is 9.29. The van der Waals surface area contributed by atoms with E-state index in [-0.39, 0.29) is 23.3 Å². The van der Waals surface area contributed by atoms with Crippen molar-refractivity contribution in [2.24, 2.45) is 5.41 Å². The van der Waals surface area contributed by atoms with Crippen LogP contribution in [0, 0.1) is 5.41 Å². The molecular formula is C34H40N2O5. The minimum atomic E-state index is -0.0603. The van der Waals surface area contributed by atoms with Gasteiger partial charge in [-0.15, -0.1) is 0 Å². The first kappa shape index (κ1) is 27.6. The van der Waals surface area contributed by atoms with Gasteiger partial charge in [-0.05, 0) is 68.2 Å². The molecule has 0 bridgehead atoms. The van der Waals surface area contributed by atoms with Gasteiger partial charge < -0.3 is 24.0 Å². The Labute approximate surface area is 242 Å². The summed E-state index contributed by atoms with van der Waals surface area (Å²) < 4.78 is 18.1. The zero-order valence-electron chi connectivity index (χ0n) is 24.0. The van der Waals surface area contributed by atoms with Crippen LogP contribution in [-0.4, -0.2) is 74.2 Å². The molecule has 3 aromatic rings. The maximum Gasteiger partial charge on any atom is 0.257 e. The van der Waals surface area contributed by atoms with Gasteiger partial charge in [-0.2, -0.15) is 0 Å². The normalized spacial score (nSPS) is 21.6. The van der Waals surface area contributed by atoms with Crippen molar-refractivity contribution in [3.63, 3.8) is 0 Å². The van der Waals surface area contributed by atoms with E-state index in [1.807, 2.05) is 70.5 Å². The fraction of sp³-hybridized carbons (Fsp3) is 0.471. The van der Waals surface area contributed by atoms with Crippen molar-refractivity contribution in [2.45, 2.75) is 51.0 Å². The van der Waals surface area contributed by atoms with Gasteiger partial charge in [-0.25, -0.2) is 0 Å². The van der Waals surface area contributed by atoms with E-state index >= 15 is 0 Å². The number of hydrogen-bond acceptors (Lipinski definition) is 5. The Morgan fingerprint density at radius 2 is 1.68 bits per heavy atom. The Balaban J connectivity index is 1.20. The van der Waals surface area contributed by atoms with Crippen molar-refractivity contribution in [3.8, 4) is 11.5 Å². The first-order valence-corrected chi connectivity index (χ1v) is 15.0. The molecule has 3 aliphatic heterocycles. The van der Waals surface area contributed by atoms with Crippen LogP contribution in [0.15, 0.2) is 60.7 Å². The number of amides is 2. The second-order valence-corrected chi connectivity index (χ2v) is 11.8. The minimum absolute atomic E-state index is 0.0324. The molecule has 41 heavy (non-hydrogen) atoms. The van der Waals surface area contributed by atoms with Gasteiger partial charge in [-0.1, -0.05) is 42.8 Å². The summed E-state index contributed by atoms with van der Waals surface area (Å²) in [5.41, 5.74) is 1.28. The summed E-state index contributed by atoms with van der Waals surface area (Å²) in [5, 5.41) is 1.87. The Morgan fingerprint density at radius 1 is 0.902 bits per heavy atom. The lowest BCUT2D eigenvalue weighted by atomic mass is 9.75. The van der Waals surface area contributed by atoms with E-state index in [9.17, 15) is 9.59 Å². The molecule has 3 heterocycles. The SMILES string of the molecule is COc1ccc(C(=O)N2CCC3(CCCCOC[C@@H]4CCCN4C(=O)c4ccccc4OC3)CC2)c2ccccc12. The maximum atomic E-state index is 13.7. The molecular weight excluding hydrogens is 516 g/mol. The minimum Gasteiger partial charge on any atom is -0.496 e. The predicted molar refractivity (Wildman–Crippen MR) is 159 cm³/mol. The number of nitrogens with zero attached hydrogens (tertiary/aromatic N) is 2. The molecule has 0 radical (unpaired) electrons. The summed E-state index contributed by atoms with van der Waals surface area (Å²) in [7, 11) is 1.66. The number of carbonyl (C=O) groups is 2. The smallest absolute Gasteiger partial charge is 0.257 e. The largest absolute Gasteiger partial charge is 0.496 e. The number of ether oxygens (including phenoxy) is 3. The van der Waals surface area contributed by atoms with E-state index in [0.717, 1.165) is 68.0 Å². The third kappa shape index (κ3) is 5.65. The van der Waals surface area contributed by atoms with E-state index in [1.54, 1.807) is 7.11 Å². The molecule has 3 aliphatic rings. The summed E-state index contributed by atoms with van der Waals surface area (Å²) in [6.45, 7) is 3.95. The molecule has 6 rings (SSSR count). The maximum absolute atomic E-state index is 13.7. The zero-order chi connectivity index (χ0) is 28.2. The molecule has 0 N–H and O–H groups in total. The summed E-state index contributed by atoms with van der Waals surface area (Å²) in [6.07, 6.45) is 6.76. The van der Waals surface area contributed by atoms with Crippen molar-refractivity contribution in [1.82, 2.24) is 9.80 Å². The molecule has 2 saturated heterocycles. The molecule has 2 amide bonds. The van der Waals surface area contributed by atoms with Gasteiger partial charge in [0, 0.05) is 42.6 Å². The number of rotatable bonds is 2. The number of hydrogen-bond donors (Lipinski definition) is 0. The van der Waals surface area contributed by atoms with Crippen molar-refractivity contribution in [3.05, 3.63) is 71.8 Å². The molecule has 2 fully saturated rings. The van der Waals surface area contributed by atoms with Crippen LogP contribution in [0.1, 0.15) is 65.7 Å². The van der Waals surface area contributed by atoms with E-state index in [4.69, 9.17) is 14.2 Å². The van der Waals surface area contributed by atoms with E-state index < -0.39 is 0 Å². The molecule has 3 aromatic carbocycles. The number of para-hydroxylation sites is 1. The van der Waals surface area contributed by atoms with Crippen molar-refractivity contribution in [2.75, 3.05) is 46.6 Å². The first-order chi connectivity index (χ1) is 20.1. The highest BCUT2D eigenvalue weighted by Crippen LogP contribution is 2.39. The molecule has 0 saturated carbocycles. The number of benzene rings is 3. The average Bonchev–Trinajstić information content (AvgIpc) is 3.49. The van der Waals surface area contributed by atoms with Gasteiger partial charge in [0.1, 0.15) is 11.5 Å². The number of carbonyl (C=O) groups excluding carboxylic acids is 2. The van der Waals surface area contributed by atoms with Crippen LogP contribution in [-0.2, 0) is 4.74 Å². The molecule has 7 nitrogen and oxygen atoms in total. The van der Waals surface area contributed by atoms with Crippen molar-refractivity contribution < 1.29 is 23.8 Å². The Morgan fingerprint density at radius 3 is 2.51 bits per heavy atom. The zero-order valence-corrected chi connectivity index (χ0v) is 24.0. The molecule has 0 unspecified atom stereocenters. The van der Waals surface area contributed by atoms with Crippen LogP contribution >= 0.6 is 0 Å². The summed E-state index contributed by atoms with van der Waals surface area (Å²) in [5.74, 6) is 1.52. The van der Waals surface area contributed by atoms with Crippen LogP contribution in [0.4, 0.5) is 0 Å². The molecule has 1 spiro atoms. The van der Waals surface area contributed by atoms with E-state index in [0.29, 0.717) is 49.8 Å². The van der Waals surface area contributed by atoms with Gasteiger partial charge in [0.15, 0.2) is 0 Å². The molecule has 7 heteroatoms. The standard InChI is InChI=1S/C34H40N2O5/c1-39-30-15-14-28(26-10-2-3-11-27(26)30)32(37)35-20-17-34(18-21-35)16-6-7-22-40-23-25-9-8-19-36(25)33(38)29-12-4-5-13-31(29)41-24-34/h2-5,10-15,25H,6-9,16-24H2,1H3/t25-/m0/s1. The highest BCUT2D eigenvalue weighted by Gasteiger charge is 2.38.